The van der Waals surface area contributed by atoms with Crippen LogP contribution in [0.5, 0.6) is 0 Å². The number of carbonyl (C=O) groups excluding carboxylic acids is 1. The van der Waals surface area contributed by atoms with Crippen LogP contribution in [0, 0.1) is 23.7 Å². The number of hydrogen-bond donors (Lipinski definition) is 1. The molecule has 100 valence electrons. The lowest BCUT2D eigenvalue weighted by Crippen LogP contribution is -2.60. The second kappa shape index (κ2) is 3.58. The third kappa shape index (κ3) is 1.79. The normalized spacial score (nSPS) is 51.2. The molecule has 5 aliphatic carbocycles. The molecule has 1 N–H and O–H groups in total. The molecule has 0 aromatic rings. The fourth-order valence-corrected chi connectivity index (χ4v) is 5.62. The smallest absolute Gasteiger partial charge is 0.226 e. The van der Waals surface area contributed by atoms with E-state index in [4.69, 9.17) is 23.2 Å². The van der Waals surface area contributed by atoms with E-state index in [-0.39, 0.29) is 17.4 Å². The van der Waals surface area contributed by atoms with Crippen LogP contribution in [0.25, 0.3) is 0 Å². The summed E-state index contributed by atoms with van der Waals surface area (Å²) in [6, 6.07) is 0. The molecule has 18 heavy (non-hydrogen) atoms. The van der Waals surface area contributed by atoms with E-state index in [0.717, 1.165) is 17.8 Å². The van der Waals surface area contributed by atoms with Crippen molar-refractivity contribution in [2.24, 2.45) is 23.7 Å². The Bertz CT molecular complexity index is 371. The van der Waals surface area contributed by atoms with Crippen molar-refractivity contribution < 1.29 is 4.79 Å². The van der Waals surface area contributed by atoms with Gasteiger partial charge in [-0.15, -0.1) is 23.2 Å². The molecular weight excluding hydrogens is 269 g/mol. The quantitative estimate of drug-likeness (QED) is 0.776. The predicted molar refractivity (Wildman–Crippen MR) is 71.6 cm³/mol. The minimum atomic E-state index is -0.785. The lowest BCUT2D eigenvalue weighted by molar-refractivity contribution is -0.128. The molecule has 0 aromatic carbocycles. The lowest BCUT2D eigenvalue weighted by atomic mass is 9.53. The van der Waals surface area contributed by atoms with Crippen LogP contribution in [-0.4, -0.2) is 15.8 Å². The van der Waals surface area contributed by atoms with Gasteiger partial charge in [-0.25, -0.2) is 0 Å². The van der Waals surface area contributed by atoms with E-state index >= 15 is 0 Å². The molecule has 0 unspecified atom stereocenters. The molecule has 5 fully saturated rings. The van der Waals surface area contributed by atoms with Crippen molar-refractivity contribution in [1.82, 2.24) is 5.32 Å². The topological polar surface area (TPSA) is 29.1 Å². The SMILES string of the molecule is O=C(NC12CC3CC(CC(C3)C1)C2)[C@@H]1CC1(Cl)Cl. The monoisotopic (exact) mass is 287 g/mol. The molecule has 2 nitrogen and oxygen atoms in total. The molecule has 0 spiro atoms. The summed E-state index contributed by atoms with van der Waals surface area (Å²) in [5, 5.41) is 3.33. The molecule has 5 saturated carbocycles. The maximum absolute atomic E-state index is 12.2. The number of rotatable bonds is 2. The molecule has 0 aromatic heterocycles. The number of halogens is 2. The highest BCUT2D eigenvalue weighted by molar-refractivity contribution is 6.52. The van der Waals surface area contributed by atoms with Crippen molar-refractivity contribution in [3.63, 3.8) is 0 Å². The van der Waals surface area contributed by atoms with Gasteiger partial charge in [0, 0.05) is 5.54 Å². The Morgan fingerprint density at radius 3 is 1.78 bits per heavy atom. The van der Waals surface area contributed by atoms with E-state index in [2.05, 4.69) is 5.32 Å². The zero-order valence-corrected chi connectivity index (χ0v) is 11.9. The minimum Gasteiger partial charge on any atom is -0.350 e. The Balaban J connectivity index is 1.49. The van der Waals surface area contributed by atoms with Gasteiger partial charge in [0.05, 0.1) is 5.92 Å². The fraction of sp³-hybridized carbons (Fsp3) is 0.929. The van der Waals surface area contributed by atoms with Crippen LogP contribution in [0.15, 0.2) is 0 Å². The first-order valence-electron chi connectivity index (χ1n) is 7.16. The van der Waals surface area contributed by atoms with Gasteiger partial charge in [0.1, 0.15) is 4.33 Å². The maximum atomic E-state index is 12.2. The third-order valence-corrected chi connectivity index (χ3v) is 6.40. The summed E-state index contributed by atoms with van der Waals surface area (Å²) >= 11 is 12.0. The van der Waals surface area contributed by atoms with Crippen LogP contribution in [-0.2, 0) is 4.79 Å². The van der Waals surface area contributed by atoms with Crippen LogP contribution in [0.4, 0.5) is 0 Å². The van der Waals surface area contributed by atoms with Crippen LogP contribution < -0.4 is 5.32 Å². The predicted octanol–water partition coefficient (Wildman–Crippen LogP) is 3.27. The van der Waals surface area contributed by atoms with E-state index in [1.165, 1.54) is 38.5 Å². The molecule has 0 saturated heterocycles. The largest absolute Gasteiger partial charge is 0.350 e. The zero-order chi connectivity index (χ0) is 12.5. The fourth-order valence-electron chi connectivity index (χ4n) is 5.11. The molecular formula is C14H19Cl2NO. The Morgan fingerprint density at radius 1 is 0.944 bits per heavy atom. The summed E-state index contributed by atoms with van der Waals surface area (Å²) in [5.41, 5.74) is 0.0955. The number of nitrogens with one attached hydrogen (secondary N) is 1. The molecule has 0 heterocycles. The first-order chi connectivity index (χ1) is 8.46. The zero-order valence-electron chi connectivity index (χ0n) is 10.4. The average molecular weight is 288 g/mol. The maximum Gasteiger partial charge on any atom is 0.226 e. The van der Waals surface area contributed by atoms with Crippen molar-refractivity contribution in [1.29, 1.82) is 0 Å². The van der Waals surface area contributed by atoms with Gasteiger partial charge in [-0.2, -0.15) is 0 Å². The van der Waals surface area contributed by atoms with E-state index in [1.807, 2.05) is 0 Å². The number of alkyl halides is 2. The summed E-state index contributed by atoms with van der Waals surface area (Å²) in [6.45, 7) is 0. The first-order valence-corrected chi connectivity index (χ1v) is 7.91. The molecule has 5 rings (SSSR count). The number of amides is 1. The first kappa shape index (κ1) is 11.8. The highest BCUT2D eigenvalue weighted by Crippen LogP contribution is 2.57. The van der Waals surface area contributed by atoms with Gasteiger partial charge in [0.2, 0.25) is 5.91 Å². The molecule has 4 bridgehead atoms. The van der Waals surface area contributed by atoms with E-state index in [9.17, 15) is 4.79 Å². The lowest BCUT2D eigenvalue weighted by Gasteiger charge is -2.57. The molecule has 4 heteroatoms. The van der Waals surface area contributed by atoms with Crippen molar-refractivity contribution in [3.8, 4) is 0 Å². The standard InChI is InChI=1S/C14H19Cl2NO/c15-14(16)7-11(14)12(18)17-13-4-8-1-9(5-13)3-10(2-8)6-13/h8-11H,1-7H2,(H,17,18)/t8?,9?,10?,11-,13?/m0/s1. The molecule has 5 aliphatic rings. The van der Waals surface area contributed by atoms with E-state index in [0.29, 0.717) is 6.42 Å². The van der Waals surface area contributed by atoms with Crippen LogP contribution in [0.3, 0.4) is 0 Å². The minimum absolute atomic E-state index is 0.0955. The van der Waals surface area contributed by atoms with Crippen LogP contribution >= 0.6 is 23.2 Å². The highest BCUT2D eigenvalue weighted by atomic mass is 35.5. The van der Waals surface area contributed by atoms with Gasteiger partial charge >= 0.3 is 0 Å². The van der Waals surface area contributed by atoms with E-state index < -0.39 is 4.33 Å². The Morgan fingerprint density at radius 2 is 1.39 bits per heavy atom. The van der Waals surface area contributed by atoms with Crippen molar-refractivity contribution >= 4 is 29.1 Å². The Labute approximate surface area is 118 Å². The van der Waals surface area contributed by atoms with E-state index in [1.54, 1.807) is 0 Å². The van der Waals surface area contributed by atoms with Gasteiger partial charge < -0.3 is 5.32 Å². The van der Waals surface area contributed by atoms with Crippen molar-refractivity contribution in [3.05, 3.63) is 0 Å². The van der Waals surface area contributed by atoms with Gasteiger partial charge in [-0.1, -0.05) is 0 Å². The Hall–Kier alpha value is 0.0500. The summed E-state index contributed by atoms with van der Waals surface area (Å²) in [5.74, 6) is 2.49. The van der Waals surface area contributed by atoms with Crippen molar-refractivity contribution in [2.45, 2.75) is 54.8 Å². The summed E-state index contributed by atoms with van der Waals surface area (Å²) in [4.78, 5) is 12.2. The molecule has 1 amide bonds. The number of hydrogen-bond acceptors (Lipinski definition) is 1. The number of carbonyl (C=O) groups is 1. The Kier molecular flexibility index (Phi) is 2.35. The second-order valence-corrected chi connectivity index (χ2v) is 8.75. The van der Waals surface area contributed by atoms with Crippen LogP contribution in [0.2, 0.25) is 0 Å². The average Bonchev–Trinajstić information content (AvgIpc) is 2.84. The summed E-state index contributed by atoms with van der Waals surface area (Å²) < 4.78 is -0.785. The summed E-state index contributed by atoms with van der Waals surface area (Å²) in [7, 11) is 0. The van der Waals surface area contributed by atoms with Gasteiger partial charge in [0.25, 0.3) is 0 Å². The second-order valence-electron chi connectivity index (χ2n) is 7.20. The van der Waals surface area contributed by atoms with Gasteiger partial charge in [-0.3, -0.25) is 4.79 Å². The highest BCUT2D eigenvalue weighted by Gasteiger charge is 2.59. The van der Waals surface area contributed by atoms with Gasteiger partial charge in [0.15, 0.2) is 0 Å². The molecule has 0 aliphatic heterocycles. The van der Waals surface area contributed by atoms with Crippen molar-refractivity contribution in [2.75, 3.05) is 0 Å². The molecule has 0 radical (unpaired) electrons. The summed E-state index contributed by atoms with van der Waals surface area (Å²) in [6.07, 6.45) is 8.38. The molecule has 1 atom stereocenters. The van der Waals surface area contributed by atoms with Gasteiger partial charge in [-0.05, 0) is 62.7 Å². The third-order valence-electron chi connectivity index (χ3n) is 5.57. The van der Waals surface area contributed by atoms with Crippen LogP contribution in [0.1, 0.15) is 44.9 Å².